The van der Waals surface area contributed by atoms with Crippen LogP contribution in [0, 0.1) is 0 Å². The highest BCUT2D eigenvalue weighted by molar-refractivity contribution is 7.99. The summed E-state index contributed by atoms with van der Waals surface area (Å²) < 4.78 is 1.92. The number of nitrogens with one attached hydrogen (secondary N) is 1. The Bertz CT molecular complexity index is 1120. The van der Waals surface area contributed by atoms with Gasteiger partial charge >= 0.3 is 0 Å². The zero-order valence-corrected chi connectivity index (χ0v) is 17.7. The van der Waals surface area contributed by atoms with Crippen LogP contribution in [-0.2, 0) is 22.6 Å². The molecular weight excluding hydrogens is 396 g/mol. The largest absolute Gasteiger partial charge is 0.352 e. The molecule has 1 atom stereocenters. The van der Waals surface area contributed by atoms with Crippen molar-refractivity contribution in [1.82, 2.24) is 14.9 Å². The Morgan fingerprint density at radius 1 is 1.13 bits per heavy atom. The third-order valence-corrected chi connectivity index (χ3v) is 6.63. The summed E-state index contributed by atoms with van der Waals surface area (Å²) >= 11 is 1.40. The Kier molecular flexibility index (Phi) is 4.98. The molecule has 0 radical (unpaired) electrons. The Hall–Kier alpha value is -2.80. The molecule has 1 aromatic heterocycles. The van der Waals surface area contributed by atoms with E-state index in [4.69, 9.17) is 4.98 Å². The van der Waals surface area contributed by atoms with E-state index in [-0.39, 0.29) is 30.2 Å². The second kappa shape index (κ2) is 7.80. The lowest BCUT2D eigenvalue weighted by molar-refractivity contribution is -0.121. The predicted octanol–water partition coefficient (Wildman–Crippen LogP) is 3.38. The van der Waals surface area contributed by atoms with Crippen LogP contribution in [0.4, 0.5) is 5.69 Å². The van der Waals surface area contributed by atoms with Crippen molar-refractivity contribution in [3.63, 3.8) is 0 Å². The van der Waals surface area contributed by atoms with Crippen molar-refractivity contribution in [2.45, 2.75) is 50.0 Å². The lowest BCUT2D eigenvalue weighted by Crippen LogP contribution is -2.37. The van der Waals surface area contributed by atoms with E-state index in [0.29, 0.717) is 11.2 Å². The van der Waals surface area contributed by atoms with Crippen molar-refractivity contribution in [2.75, 3.05) is 10.7 Å². The molecule has 2 heterocycles. The smallest absolute Gasteiger partial charge is 0.240 e. The molecule has 1 aliphatic heterocycles. The van der Waals surface area contributed by atoms with E-state index in [9.17, 15) is 9.59 Å². The minimum atomic E-state index is -0.00378. The average Bonchev–Trinajstić information content (AvgIpc) is 3.38. The van der Waals surface area contributed by atoms with Gasteiger partial charge in [-0.1, -0.05) is 42.1 Å². The number of anilines is 1. The molecular formula is C23H24N4O2S. The molecule has 30 heavy (non-hydrogen) atoms. The highest BCUT2D eigenvalue weighted by Gasteiger charge is 2.31. The number of para-hydroxylation sites is 3. The maximum Gasteiger partial charge on any atom is 0.240 e. The molecule has 1 N–H and O–H groups in total. The molecule has 5 rings (SSSR count). The number of fused-ring (bicyclic) bond motifs is 2. The molecule has 1 aliphatic carbocycles. The maximum absolute atomic E-state index is 13.1. The van der Waals surface area contributed by atoms with Crippen LogP contribution in [-0.4, -0.2) is 39.2 Å². The maximum atomic E-state index is 13.1. The minimum absolute atomic E-state index is 0.00378. The summed E-state index contributed by atoms with van der Waals surface area (Å²) in [6.45, 7) is 2.30. The van der Waals surface area contributed by atoms with Crippen molar-refractivity contribution in [2.24, 2.45) is 0 Å². The monoisotopic (exact) mass is 420 g/mol. The van der Waals surface area contributed by atoms with E-state index < -0.39 is 0 Å². The number of aromatic nitrogens is 2. The molecule has 154 valence electrons. The summed E-state index contributed by atoms with van der Waals surface area (Å²) in [6, 6.07) is 16.4. The molecule has 1 fully saturated rings. The second-order valence-corrected chi connectivity index (χ2v) is 8.99. The van der Waals surface area contributed by atoms with Gasteiger partial charge < -0.3 is 14.8 Å². The van der Waals surface area contributed by atoms with Crippen molar-refractivity contribution in [1.29, 1.82) is 0 Å². The van der Waals surface area contributed by atoms with Crippen molar-refractivity contribution in [3.05, 3.63) is 54.1 Å². The number of carbonyl (C=O) groups excluding carboxylic acids is 2. The molecule has 0 spiro atoms. The standard InChI is InChI=1S/C23H24N4O2S/c1-15-12-16-6-2-4-8-19(16)27(15)22(29)14-30-23-25-18-7-3-5-9-20(18)26(23)13-21(28)24-17-10-11-17/h2-9,15,17H,10-14H2,1H3,(H,24,28). The molecule has 2 amide bonds. The summed E-state index contributed by atoms with van der Waals surface area (Å²) in [5, 5.41) is 3.74. The topological polar surface area (TPSA) is 67.2 Å². The molecule has 1 saturated carbocycles. The fourth-order valence-electron chi connectivity index (χ4n) is 4.10. The molecule has 6 nitrogen and oxygen atoms in total. The fraction of sp³-hybridized carbons (Fsp3) is 0.348. The number of hydrogen-bond donors (Lipinski definition) is 1. The number of rotatable bonds is 6. The number of thioether (sulfide) groups is 1. The summed E-state index contributed by atoms with van der Waals surface area (Å²) in [6.07, 6.45) is 3.00. The predicted molar refractivity (Wildman–Crippen MR) is 119 cm³/mol. The normalized spacial score (nSPS) is 17.9. The molecule has 2 aliphatic rings. The molecule has 7 heteroatoms. The van der Waals surface area contributed by atoms with Gasteiger partial charge in [-0.25, -0.2) is 4.98 Å². The van der Waals surface area contributed by atoms with Gasteiger partial charge in [-0.05, 0) is 49.9 Å². The second-order valence-electron chi connectivity index (χ2n) is 8.05. The first kappa shape index (κ1) is 19.2. The van der Waals surface area contributed by atoms with Crippen molar-refractivity contribution >= 4 is 40.3 Å². The molecule has 0 bridgehead atoms. The summed E-state index contributed by atoms with van der Waals surface area (Å²) in [7, 11) is 0. The van der Waals surface area contributed by atoms with Crippen LogP contribution < -0.4 is 10.2 Å². The van der Waals surface area contributed by atoms with Gasteiger partial charge in [0.15, 0.2) is 5.16 Å². The van der Waals surface area contributed by atoms with E-state index in [0.717, 1.165) is 36.0 Å². The van der Waals surface area contributed by atoms with Gasteiger partial charge in [0.25, 0.3) is 0 Å². The van der Waals surface area contributed by atoms with Crippen molar-refractivity contribution < 1.29 is 9.59 Å². The van der Waals surface area contributed by atoms with E-state index in [1.54, 1.807) is 0 Å². The van der Waals surface area contributed by atoms with Crippen LogP contribution in [0.2, 0.25) is 0 Å². The lowest BCUT2D eigenvalue weighted by atomic mass is 10.1. The third kappa shape index (κ3) is 3.69. The van der Waals surface area contributed by atoms with Crippen LogP contribution in [0.1, 0.15) is 25.3 Å². The zero-order chi connectivity index (χ0) is 20.7. The highest BCUT2D eigenvalue weighted by Crippen LogP contribution is 2.33. The van der Waals surface area contributed by atoms with Gasteiger partial charge in [0, 0.05) is 17.8 Å². The minimum Gasteiger partial charge on any atom is -0.352 e. The van der Waals surface area contributed by atoms with Crippen LogP contribution >= 0.6 is 11.8 Å². The van der Waals surface area contributed by atoms with E-state index in [1.165, 1.54) is 17.3 Å². The van der Waals surface area contributed by atoms with E-state index in [2.05, 4.69) is 18.3 Å². The van der Waals surface area contributed by atoms with Gasteiger partial charge in [0.1, 0.15) is 6.54 Å². The molecule has 1 unspecified atom stereocenters. The number of imidazole rings is 1. The Morgan fingerprint density at radius 2 is 1.90 bits per heavy atom. The summed E-state index contributed by atoms with van der Waals surface area (Å²) in [5.74, 6) is 0.348. The number of nitrogens with zero attached hydrogens (tertiary/aromatic N) is 3. The molecule has 3 aromatic rings. The lowest BCUT2D eigenvalue weighted by Gasteiger charge is -2.22. The van der Waals surface area contributed by atoms with Crippen LogP contribution in [0.15, 0.2) is 53.7 Å². The number of carbonyl (C=O) groups is 2. The van der Waals surface area contributed by atoms with Gasteiger partial charge in [0.05, 0.1) is 16.8 Å². The van der Waals surface area contributed by atoms with E-state index >= 15 is 0 Å². The Balaban J connectivity index is 1.35. The summed E-state index contributed by atoms with van der Waals surface area (Å²) in [5.41, 5.74) is 3.98. The first-order chi connectivity index (χ1) is 14.6. The quantitative estimate of drug-likeness (QED) is 0.621. The zero-order valence-electron chi connectivity index (χ0n) is 16.9. The number of amides is 2. The third-order valence-electron chi connectivity index (χ3n) is 5.66. The van der Waals surface area contributed by atoms with Crippen LogP contribution in [0.5, 0.6) is 0 Å². The molecule has 0 saturated heterocycles. The Morgan fingerprint density at radius 3 is 2.73 bits per heavy atom. The van der Waals surface area contributed by atoms with Gasteiger partial charge in [-0.15, -0.1) is 0 Å². The summed E-state index contributed by atoms with van der Waals surface area (Å²) in [4.78, 5) is 32.1. The first-order valence-electron chi connectivity index (χ1n) is 10.4. The van der Waals surface area contributed by atoms with Gasteiger partial charge in [0.2, 0.25) is 11.8 Å². The van der Waals surface area contributed by atoms with Gasteiger partial charge in [-0.2, -0.15) is 0 Å². The van der Waals surface area contributed by atoms with Crippen LogP contribution in [0.25, 0.3) is 11.0 Å². The number of hydrogen-bond acceptors (Lipinski definition) is 4. The first-order valence-corrected chi connectivity index (χ1v) is 11.4. The molecule has 2 aromatic carbocycles. The van der Waals surface area contributed by atoms with Crippen molar-refractivity contribution in [3.8, 4) is 0 Å². The Labute approximate surface area is 179 Å². The average molecular weight is 421 g/mol. The SMILES string of the molecule is CC1Cc2ccccc2N1C(=O)CSc1nc2ccccc2n1CC(=O)NC1CC1. The number of benzene rings is 2. The highest BCUT2D eigenvalue weighted by atomic mass is 32.2. The van der Waals surface area contributed by atoms with Crippen LogP contribution in [0.3, 0.4) is 0 Å². The van der Waals surface area contributed by atoms with Gasteiger partial charge in [-0.3, -0.25) is 9.59 Å². The van der Waals surface area contributed by atoms with E-state index in [1.807, 2.05) is 51.9 Å². The fourth-order valence-corrected chi connectivity index (χ4v) is 4.98.